The molecule has 0 fully saturated rings. The maximum atomic E-state index is 12.8. The normalized spacial score (nSPS) is 16.0. The van der Waals surface area contributed by atoms with Crippen LogP contribution in [0.4, 0.5) is 5.69 Å². The summed E-state index contributed by atoms with van der Waals surface area (Å²) in [5, 5.41) is 0. The number of aryl methyl sites for hydroxylation is 1. The molecule has 2 aromatic carbocycles. The van der Waals surface area contributed by atoms with Gasteiger partial charge in [0.25, 0.3) is 0 Å². The zero-order valence-corrected chi connectivity index (χ0v) is 14.8. The molecule has 0 N–H and O–H groups in total. The molecule has 2 aromatic rings. The number of para-hydroxylation sites is 2. The maximum absolute atomic E-state index is 12.8. The largest absolute Gasteiger partial charge is 0.493 e. The number of nitrogens with zero attached hydrogens (tertiary/aromatic N) is 1. The minimum Gasteiger partial charge on any atom is -0.493 e. The quantitative estimate of drug-likeness (QED) is 0.836. The third kappa shape index (κ3) is 3.71. The molecular formula is C20H23NO4. The highest BCUT2D eigenvalue weighted by Crippen LogP contribution is 2.33. The zero-order valence-electron chi connectivity index (χ0n) is 14.8. The number of methoxy groups -OCH3 is 2. The summed E-state index contributed by atoms with van der Waals surface area (Å²) in [6, 6.07) is 13.4. The second-order valence-corrected chi connectivity index (χ2v) is 6.09. The summed E-state index contributed by atoms with van der Waals surface area (Å²) in [4.78, 5) is 14.6. The number of carbonyl (C=O) groups excluding carboxylic acids is 1. The van der Waals surface area contributed by atoms with Crippen LogP contribution in [-0.2, 0) is 11.2 Å². The van der Waals surface area contributed by atoms with Crippen LogP contribution >= 0.6 is 0 Å². The first-order valence-corrected chi connectivity index (χ1v) is 8.39. The van der Waals surface area contributed by atoms with Crippen LogP contribution in [0.25, 0.3) is 0 Å². The van der Waals surface area contributed by atoms with E-state index in [0.29, 0.717) is 30.9 Å². The monoisotopic (exact) mass is 341 g/mol. The molecule has 132 valence electrons. The summed E-state index contributed by atoms with van der Waals surface area (Å²) in [5.41, 5.74) is 1.89. The van der Waals surface area contributed by atoms with Crippen LogP contribution in [0.3, 0.4) is 0 Å². The lowest BCUT2D eigenvalue weighted by Crippen LogP contribution is -2.42. The molecule has 0 aromatic heterocycles. The van der Waals surface area contributed by atoms with Crippen LogP contribution in [0.15, 0.2) is 42.5 Å². The fraction of sp³-hybridized carbons (Fsp3) is 0.350. The molecule has 0 bridgehead atoms. The van der Waals surface area contributed by atoms with E-state index < -0.39 is 0 Å². The number of anilines is 1. The molecule has 1 unspecified atom stereocenters. The minimum absolute atomic E-state index is 0.0140. The highest BCUT2D eigenvalue weighted by atomic mass is 16.5. The van der Waals surface area contributed by atoms with Crippen molar-refractivity contribution < 1.29 is 19.0 Å². The molecule has 1 aliphatic rings. The highest BCUT2D eigenvalue weighted by Gasteiger charge is 2.26. The van der Waals surface area contributed by atoms with Gasteiger partial charge in [-0.3, -0.25) is 4.79 Å². The Morgan fingerprint density at radius 1 is 1.16 bits per heavy atom. The van der Waals surface area contributed by atoms with Crippen molar-refractivity contribution in [3.8, 4) is 17.2 Å². The number of rotatable bonds is 5. The molecule has 1 aliphatic heterocycles. The Kier molecular flexibility index (Phi) is 5.12. The molecule has 5 nitrogen and oxygen atoms in total. The molecule has 0 saturated heterocycles. The number of amides is 1. The van der Waals surface area contributed by atoms with E-state index in [1.807, 2.05) is 54.3 Å². The number of carbonyl (C=O) groups is 1. The van der Waals surface area contributed by atoms with Gasteiger partial charge in [0.2, 0.25) is 5.91 Å². The van der Waals surface area contributed by atoms with Crippen LogP contribution in [0.2, 0.25) is 0 Å². The van der Waals surface area contributed by atoms with Crippen molar-refractivity contribution in [3.63, 3.8) is 0 Å². The maximum Gasteiger partial charge on any atom is 0.227 e. The van der Waals surface area contributed by atoms with Crippen LogP contribution in [0, 0.1) is 0 Å². The van der Waals surface area contributed by atoms with Crippen molar-refractivity contribution in [2.45, 2.75) is 25.9 Å². The van der Waals surface area contributed by atoms with Crippen molar-refractivity contribution >= 4 is 11.6 Å². The van der Waals surface area contributed by atoms with Crippen molar-refractivity contribution in [1.29, 1.82) is 0 Å². The van der Waals surface area contributed by atoms with Crippen molar-refractivity contribution in [2.75, 3.05) is 25.7 Å². The van der Waals surface area contributed by atoms with Gasteiger partial charge in [0.15, 0.2) is 11.5 Å². The van der Waals surface area contributed by atoms with Gasteiger partial charge < -0.3 is 19.1 Å². The van der Waals surface area contributed by atoms with E-state index in [1.165, 1.54) is 0 Å². The molecular weight excluding hydrogens is 318 g/mol. The Hall–Kier alpha value is -2.69. The molecule has 0 radical (unpaired) electrons. The van der Waals surface area contributed by atoms with Gasteiger partial charge >= 0.3 is 0 Å². The van der Waals surface area contributed by atoms with E-state index in [1.54, 1.807) is 14.2 Å². The van der Waals surface area contributed by atoms with Crippen LogP contribution < -0.4 is 19.1 Å². The molecule has 5 heteroatoms. The number of fused-ring (bicyclic) bond motifs is 1. The summed E-state index contributed by atoms with van der Waals surface area (Å²) < 4.78 is 16.4. The van der Waals surface area contributed by atoms with Gasteiger partial charge in [-0.25, -0.2) is 0 Å². The van der Waals surface area contributed by atoms with Crippen molar-refractivity contribution in [1.82, 2.24) is 0 Å². The number of hydrogen-bond acceptors (Lipinski definition) is 4. The Bertz CT molecular complexity index is 759. The predicted molar refractivity (Wildman–Crippen MR) is 96.8 cm³/mol. The highest BCUT2D eigenvalue weighted by molar-refractivity contribution is 5.95. The molecule has 1 heterocycles. The SMILES string of the molecule is COc1ccc(CCC(=O)N2CC(C)Oc3ccccc32)cc1OC. The third-order valence-electron chi connectivity index (χ3n) is 4.30. The van der Waals surface area contributed by atoms with Gasteiger partial charge in [0.05, 0.1) is 26.5 Å². The van der Waals surface area contributed by atoms with E-state index in [-0.39, 0.29) is 12.0 Å². The molecule has 0 spiro atoms. The number of ether oxygens (including phenoxy) is 3. The van der Waals surface area contributed by atoms with Gasteiger partial charge in [0, 0.05) is 6.42 Å². The van der Waals surface area contributed by atoms with Crippen molar-refractivity contribution in [2.24, 2.45) is 0 Å². The van der Waals surface area contributed by atoms with Gasteiger partial charge in [0.1, 0.15) is 11.9 Å². The summed E-state index contributed by atoms with van der Waals surface area (Å²) in [5.74, 6) is 2.23. The fourth-order valence-electron chi connectivity index (χ4n) is 3.05. The minimum atomic E-state index is -0.0140. The molecule has 3 rings (SSSR count). The first kappa shape index (κ1) is 17.1. The van der Waals surface area contributed by atoms with Gasteiger partial charge in [-0.05, 0) is 43.2 Å². The average molecular weight is 341 g/mol. The first-order valence-electron chi connectivity index (χ1n) is 8.39. The lowest BCUT2D eigenvalue weighted by atomic mass is 10.1. The average Bonchev–Trinajstić information content (AvgIpc) is 2.65. The third-order valence-corrected chi connectivity index (χ3v) is 4.30. The summed E-state index contributed by atoms with van der Waals surface area (Å²) >= 11 is 0. The standard InChI is InChI=1S/C20H23NO4/c1-14-13-21(16-6-4-5-7-17(16)25-14)20(22)11-9-15-8-10-18(23-2)19(12-15)24-3/h4-8,10,12,14H,9,11,13H2,1-3H3. The lowest BCUT2D eigenvalue weighted by Gasteiger charge is -2.33. The topological polar surface area (TPSA) is 48.0 Å². The molecule has 0 saturated carbocycles. The second kappa shape index (κ2) is 7.47. The second-order valence-electron chi connectivity index (χ2n) is 6.09. The number of hydrogen-bond donors (Lipinski definition) is 0. The lowest BCUT2D eigenvalue weighted by molar-refractivity contribution is -0.119. The van der Waals surface area contributed by atoms with E-state index >= 15 is 0 Å². The van der Waals surface area contributed by atoms with E-state index in [4.69, 9.17) is 14.2 Å². The predicted octanol–water partition coefficient (Wildman–Crippen LogP) is 3.45. The van der Waals surface area contributed by atoms with Gasteiger partial charge in [-0.15, -0.1) is 0 Å². The summed E-state index contributed by atoms with van der Waals surface area (Å²) in [6.45, 7) is 2.55. The van der Waals surface area contributed by atoms with Crippen molar-refractivity contribution in [3.05, 3.63) is 48.0 Å². The molecule has 25 heavy (non-hydrogen) atoms. The van der Waals surface area contributed by atoms with Gasteiger partial charge in [-0.2, -0.15) is 0 Å². The number of benzene rings is 2. The fourth-order valence-corrected chi connectivity index (χ4v) is 3.05. The van der Waals surface area contributed by atoms with Crippen LogP contribution in [-0.4, -0.2) is 32.8 Å². The Morgan fingerprint density at radius 3 is 2.68 bits per heavy atom. The van der Waals surface area contributed by atoms with Crippen LogP contribution in [0.5, 0.6) is 17.2 Å². The van der Waals surface area contributed by atoms with E-state index in [0.717, 1.165) is 17.0 Å². The smallest absolute Gasteiger partial charge is 0.227 e. The Labute approximate surface area is 148 Å². The Morgan fingerprint density at radius 2 is 1.92 bits per heavy atom. The summed E-state index contributed by atoms with van der Waals surface area (Å²) in [6.07, 6.45) is 1.06. The first-order chi connectivity index (χ1) is 12.1. The molecule has 1 amide bonds. The zero-order chi connectivity index (χ0) is 17.8. The molecule has 0 aliphatic carbocycles. The summed E-state index contributed by atoms with van der Waals surface area (Å²) in [7, 11) is 3.22. The van der Waals surface area contributed by atoms with Crippen LogP contribution in [0.1, 0.15) is 18.9 Å². The van der Waals surface area contributed by atoms with Gasteiger partial charge in [-0.1, -0.05) is 18.2 Å². The Balaban J connectivity index is 1.71. The van der Waals surface area contributed by atoms with E-state index in [9.17, 15) is 4.79 Å². The van der Waals surface area contributed by atoms with E-state index in [2.05, 4.69) is 0 Å². The molecule has 1 atom stereocenters.